The molecule has 108 valence electrons. The zero-order valence-electron chi connectivity index (χ0n) is 12.4. The van der Waals surface area contributed by atoms with Crippen LogP contribution in [0.4, 0.5) is 11.4 Å². The van der Waals surface area contributed by atoms with Crippen LogP contribution in [0.25, 0.3) is 0 Å². The highest BCUT2D eigenvalue weighted by atomic mass is 31.0. The van der Waals surface area contributed by atoms with Gasteiger partial charge in [-0.25, -0.2) is 0 Å². The molecule has 1 aliphatic heterocycles. The van der Waals surface area contributed by atoms with E-state index < -0.39 is 0 Å². The lowest BCUT2D eigenvalue weighted by atomic mass is 10.1. The van der Waals surface area contributed by atoms with Crippen LogP contribution < -0.4 is 11.1 Å². The third-order valence-electron chi connectivity index (χ3n) is 3.10. The molecule has 0 saturated carbocycles. The van der Waals surface area contributed by atoms with Crippen LogP contribution in [0.2, 0.25) is 0 Å². The minimum atomic E-state index is 0.556. The second-order valence-electron chi connectivity index (χ2n) is 5.25. The van der Waals surface area contributed by atoms with Gasteiger partial charge in [-0.2, -0.15) is 0 Å². The minimum Gasteiger partial charge on any atom is -0.397 e. The van der Waals surface area contributed by atoms with Crippen molar-refractivity contribution in [1.82, 2.24) is 4.67 Å². The summed E-state index contributed by atoms with van der Waals surface area (Å²) < 4.78 is 2.29. The molecule has 0 aliphatic carbocycles. The van der Waals surface area contributed by atoms with Crippen LogP contribution in [-0.4, -0.2) is 23.8 Å². The summed E-state index contributed by atoms with van der Waals surface area (Å²) in [6.45, 7) is 8.61. The fourth-order valence-corrected chi connectivity index (χ4v) is 2.36. The summed E-state index contributed by atoms with van der Waals surface area (Å²) in [5.41, 5.74) is 9.14. The van der Waals surface area contributed by atoms with E-state index in [-0.39, 0.29) is 0 Å². The molecule has 19 heavy (non-hydrogen) atoms. The summed E-state index contributed by atoms with van der Waals surface area (Å²) in [5.74, 6) is 0. The van der Waals surface area contributed by atoms with Crippen LogP contribution in [0.3, 0.4) is 0 Å². The Balaban J connectivity index is 0.000000550. The molecule has 1 heterocycles. The number of piperidine rings is 1. The number of anilines is 2. The van der Waals surface area contributed by atoms with Crippen LogP contribution >= 0.6 is 9.39 Å². The van der Waals surface area contributed by atoms with E-state index in [1.54, 1.807) is 0 Å². The Bertz CT molecular complexity index is 374. The van der Waals surface area contributed by atoms with E-state index in [0.29, 0.717) is 6.04 Å². The molecule has 4 heteroatoms. The molecular formula is C15H28N3P. The summed E-state index contributed by atoms with van der Waals surface area (Å²) in [7, 11) is 2.77. The van der Waals surface area contributed by atoms with Crippen molar-refractivity contribution in [1.29, 1.82) is 0 Å². The molecule has 0 spiro atoms. The number of nitrogens with zero attached hydrogens (tertiary/aromatic N) is 1. The summed E-state index contributed by atoms with van der Waals surface area (Å²) in [6.07, 6.45) is 3.60. The Labute approximate surface area is 120 Å². The van der Waals surface area contributed by atoms with Crippen molar-refractivity contribution in [2.45, 2.75) is 46.1 Å². The van der Waals surface area contributed by atoms with E-state index in [2.05, 4.69) is 46.2 Å². The zero-order valence-corrected chi connectivity index (χ0v) is 13.6. The number of benzene rings is 1. The van der Waals surface area contributed by atoms with Crippen molar-refractivity contribution in [2.24, 2.45) is 0 Å². The van der Waals surface area contributed by atoms with E-state index in [9.17, 15) is 0 Å². The van der Waals surface area contributed by atoms with Gasteiger partial charge in [0, 0.05) is 19.1 Å². The lowest BCUT2D eigenvalue weighted by Crippen LogP contribution is -2.34. The van der Waals surface area contributed by atoms with Crippen LogP contribution in [0, 0.1) is 6.92 Å². The number of hydrogen-bond donors (Lipinski definition) is 2. The zero-order chi connectivity index (χ0) is 14.3. The largest absolute Gasteiger partial charge is 0.397 e. The number of nitrogens with one attached hydrogen (secondary N) is 1. The third kappa shape index (κ3) is 5.80. The molecule has 0 radical (unpaired) electrons. The van der Waals surface area contributed by atoms with Gasteiger partial charge in [-0.3, -0.25) is 4.67 Å². The molecule has 1 aliphatic rings. The Morgan fingerprint density at radius 2 is 1.89 bits per heavy atom. The Hall–Kier alpha value is -0.790. The van der Waals surface area contributed by atoms with Gasteiger partial charge in [0.15, 0.2) is 0 Å². The Morgan fingerprint density at radius 1 is 1.32 bits per heavy atom. The predicted octanol–water partition coefficient (Wildman–Crippen LogP) is 3.66. The maximum atomic E-state index is 5.96. The van der Waals surface area contributed by atoms with Gasteiger partial charge in [0.25, 0.3) is 0 Å². The molecule has 3 N–H and O–H groups in total. The molecule has 1 aromatic carbocycles. The van der Waals surface area contributed by atoms with Crippen molar-refractivity contribution in [2.75, 3.05) is 24.1 Å². The number of rotatable bonds is 2. The lowest BCUT2D eigenvalue weighted by molar-refractivity contribution is 0.357. The number of nitrogens with two attached hydrogens (primary N) is 1. The van der Waals surface area contributed by atoms with Crippen LogP contribution in [-0.2, 0) is 0 Å². The second kappa shape index (κ2) is 8.39. The standard InChI is InChI=1S/C12H20N3P.C3H8/c1-9-2-3-11(13)12(8-9)14-10-4-6-15(16)7-5-10;1-3-2/h2-3,8,10,14H,4-7,13,16H2,1H3;3H2,1-2H3. The Morgan fingerprint density at radius 3 is 2.47 bits per heavy atom. The van der Waals surface area contributed by atoms with E-state index >= 15 is 0 Å². The van der Waals surface area contributed by atoms with Gasteiger partial charge in [0.05, 0.1) is 11.4 Å². The topological polar surface area (TPSA) is 41.3 Å². The van der Waals surface area contributed by atoms with E-state index in [1.807, 2.05) is 12.1 Å². The molecule has 0 aromatic heterocycles. The summed E-state index contributed by atoms with van der Waals surface area (Å²) >= 11 is 0. The van der Waals surface area contributed by atoms with Gasteiger partial charge >= 0.3 is 0 Å². The predicted molar refractivity (Wildman–Crippen MR) is 89.5 cm³/mol. The fraction of sp³-hybridized carbons (Fsp3) is 0.600. The summed E-state index contributed by atoms with van der Waals surface area (Å²) in [5, 5.41) is 3.55. The SMILES string of the molecule is CCC.Cc1ccc(N)c(NC2CCN(P)CC2)c1. The van der Waals surface area contributed by atoms with Gasteiger partial charge in [0.1, 0.15) is 0 Å². The maximum Gasteiger partial charge on any atom is 0.0578 e. The van der Waals surface area contributed by atoms with Crippen molar-refractivity contribution >= 4 is 20.8 Å². The first-order valence-electron chi connectivity index (χ1n) is 7.19. The number of nitrogen functional groups attached to an aromatic ring is 1. The normalized spacial score (nSPS) is 16.6. The smallest absolute Gasteiger partial charge is 0.0578 e. The van der Waals surface area contributed by atoms with Gasteiger partial charge < -0.3 is 11.1 Å². The van der Waals surface area contributed by atoms with Gasteiger partial charge in [-0.1, -0.05) is 35.7 Å². The highest BCUT2D eigenvalue weighted by Crippen LogP contribution is 2.24. The van der Waals surface area contributed by atoms with Crippen molar-refractivity contribution in [3.8, 4) is 0 Å². The van der Waals surface area contributed by atoms with E-state index in [0.717, 1.165) is 24.5 Å². The van der Waals surface area contributed by atoms with Crippen LogP contribution in [0.5, 0.6) is 0 Å². The van der Waals surface area contributed by atoms with Crippen molar-refractivity contribution < 1.29 is 0 Å². The summed E-state index contributed by atoms with van der Waals surface area (Å²) in [6, 6.07) is 6.71. The highest BCUT2D eigenvalue weighted by molar-refractivity contribution is 7.13. The quantitative estimate of drug-likeness (QED) is 0.642. The first kappa shape index (κ1) is 16.3. The van der Waals surface area contributed by atoms with Crippen molar-refractivity contribution in [3.05, 3.63) is 23.8 Å². The molecule has 0 bridgehead atoms. The molecular weight excluding hydrogens is 253 g/mol. The van der Waals surface area contributed by atoms with Crippen LogP contribution in [0.15, 0.2) is 18.2 Å². The molecule has 1 fully saturated rings. The third-order valence-corrected chi connectivity index (χ3v) is 3.61. The first-order valence-corrected chi connectivity index (χ1v) is 7.70. The molecule has 1 saturated heterocycles. The average Bonchev–Trinajstić information content (AvgIpc) is 2.38. The first-order chi connectivity index (χ1) is 9.06. The molecule has 2 rings (SSSR count). The van der Waals surface area contributed by atoms with Gasteiger partial charge in [-0.05, 0) is 37.5 Å². The van der Waals surface area contributed by atoms with Gasteiger partial charge in [0.2, 0.25) is 0 Å². The average molecular weight is 281 g/mol. The molecule has 1 aromatic rings. The minimum absolute atomic E-state index is 0.556. The molecule has 1 unspecified atom stereocenters. The second-order valence-corrected chi connectivity index (χ2v) is 5.98. The fourth-order valence-electron chi connectivity index (χ4n) is 2.06. The van der Waals surface area contributed by atoms with Crippen molar-refractivity contribution in [3.63, 3.8) is 0 Å². The monoisotopic (exact) mass is 281 g/mol. The van der Waals surface area contributed by atoms with Crippen LogP contribution in [0.1, 0.15) is 38.7 Å². The Kier molecular flexibility index (Phi) is 7.19. The number of aryl methyl sites for hydroxylation is 1. The van der Waals surface area contributed by atoms with E-state index in [1.165, 1.54) is 24.8 Å². The lowest BCUT2D eigenvalue weighted by Gasteiger charge is -2.30. The van der Waals surface area contributed by atoms with Gasteiger partial charge in [-0.15, -0.1) is 0 Å². The van der Waals surface area contributed by atoms with E-state index in [4.69, 9.17) is 5.73 Å². The molecule has 1 atom stereocenters. The summed E-state index contributed by atoms with van der Waals surface area (Å²) in [4.78, 5) is 0. The molecule has 0 amide bonds. The number of hydrogen-bond acceptors (Lipinski definition) is 3. The molecule has 3 nitrogen and oxygen atoms in total. The maximum absolute atomic E-state index is 5.96. The highest BCUT2D eigenvalue weighted by Gasteiger charge is 2.16.